The number of carboxylic acids is 1. The smallest absolute Gasteiger partial charge is 0.312 e. The van der Waals surface area contributed by atoms with Gasteiger partial charge in [-0.3, -0.25) is 4.79 Å². The Hall–Kier alpha value is -2.30. The number of aryl methyl sites for hydroxylation is 2. The summed E-state index contributed by atoms with van der Waals surface area (Å²) in [6, 6.07) is 7.96. The number of imidazole rings is 1. The molecule has 1 aromatic carbocycles. The summed E-state index contributed by atoms with van der Waals surface area (Å²) in [6.07, 6.45) is 2.37. The molecule has 0 fully saturated rings. The van der Waals surface area contributed by atoms with E-state index in [1.54, 1.807) is 0 Å². The third-order valence-electron chi connectivity index (χ3n) is 3.88. The van der Waals surface area contributed by atoms with Crippen molar-refractivity contribution in [2.24, 2.45) is 0 Å². The van der Waals surface area contributed by atoms with E-state index in [0.29, 0.717) is 24.5 Å². The molecule has 1 aromatic heterocycles. The van der Waals surface area contributed by atoms with Crippen LogP contribution in [0.3, 0.4) is 0 Å². The molecule has 1 unspecified atom stereocenters. The number of nitrogens with zero attached hydrogens (tertiary/aromatic N) is 1. The third-order valence-corrected chi connectivity index (χ3v) is 3.88. The first kappa shape index (κ1) is 13.7. The zero-order chi connectivity index (χ0) is 14.8. The number of carboxylic acid groups (broad SMARTS) is 1. The number of aromatic nitrogens is 2. The van der Waals surface area contributed by atoms with Crippen LogP contribution in [0.15, 0.2) is 24.3 Å². The van der Waals surface area contributed by atoms with Crippen molar-refractivity contribution in [1.29, 1.82) is 0 Å². The lowest BCUT2D eigenvalue weighted by Gasteiger charge is -2.05. The molecule has 0 bridgehead atoms. The van der Waals surface area contributed by atoms with Gasteiger partial charge in [-0.25, -0.2) is 4.98 Å². The van der Waals surface area contributed by atoms with Gasteiger partial charge in [-0.2, -0.15) is 0 Å². The predicted octanol–water partition coefficient (Wildman–Crippen LogP) is 2.67. The van der Waals surface area contributed by atoms with Crippen LogP contribution >= 0.6 is 0 Å². The first-order valence-electron chi connectivity index (χ1n) is 7.19. The molecule has 1 aliphatic rings. The van der Waals surface area contributed by atoms with Crippen molar-refractivity contribution in [2.75, 3.05) is 0 Å². The lowest BCUT2D eigenvalue weighted by atomic mass is 10.1. The van der Waals surface area contributed by atoms with Crippen molar-refractivity contribution in [3.05, 3.63) is 47.0 Å². The lowest BCUT2D eigenvalue weighted by Crippen LogP contribution is -2.09. The maximum atomic E-state index is 11.1. The molecular formula is C16H18N2O3. The topological polar surface area (TPSA) is 75.2 Å². The highest BCUT2D eigenvalue weighted by Gasteiger charge is 2.32. The number of benzene rings is 1. The number of rotatable bonds is 5. The highest BCUT2D eigenvalue weighted by atomic mass is 16.5. The molecule has 1 heterocycles. The maximum Gasteiger partial charge on any atom is 0.312 e. The summed E-state index contributed by atoms with van der Waals surface area (Å²) in [4.78, 5) is 18.7. The van der Waals surface area contributed by atoms with Crippen LogP contribution in [0.1, 0.15) is 42.0 Å². The number of carbonyl (C=O) groups is 1. The number of aliphatic carboxylic acids is 1. The van der Waals surface area contributed by atoms with Crippen LogP contribution in [0.4, 0.5) is 0 Å². The summed E-state index contributed by atoms with van der Waals surface area (Å²) < 4.78 is 5.68. The first-order chi connectivity index (χ1) is 10.2. The van der Waals surface area contributed by atoms with Crippen molar-refractivity contribution in [1.82, 2.24) is 9.97 Å². The molecule has 110 valence electrons. The van der Waals surface area contributed by atoms with E-state index in [9.17, 15) is 4.79 Å². The van der Waals surface area contributed by atoms with Gasteiger partial charge in [-0.1, -0.05) is 19.1 Å². The Kier molecular flexibility index (Phi) is 3.64. The number of aromatic amines is 1. The summed E-state index contributed by atoms with van der Waals surface area (Å²) in [6.45, 7) is 2.43. The van der Waals surface area contributed by atoms with E-state index in [2.05, 4.69) is 16.9 Å². The zero-order valence-corrected chi connectivity index (χ0v) is 11.9. The number of fused-ring (bicyclic) bond motifs is 1. The van der Waals surface area contributed by atoms with Crippen molar-refractivity contribution in [3.8, 4) is 5.75 Å². The zero-order valence-electron chi connectivity index (χ0n) is 11.9. The highest BCUT2D eigenvalue weighted by Crippen LogP contribution is 2.31. The largest absolute Gasteiger partial charge is 0.486 e. The molecule has 0 saturated carbocycles. The van der Waals surface area contributed by atoms with Gasteiger partial charge in [0.15, 0.2) is 0 Å². The van der Waals surface area contributed by atoms with Crippen molar-refractivity contribution in [3.63, 3.8) is 0 Å². The van der Waals surface area contributed by atoms with Crippen LogP contribution in [-0.2, 0) is 24.2 Å². The molecule has 21 heavy (non-hydrogen) atoms. The second-order valence-corrected chi connectivity index (χ2v) is 5.26. The van der Waals surface area contributed by atoms with Gasteiger partial charge in [-0.15, -0.1) is 0 Å². The summed E-state index contributed by atoms with van der Waals surface area (Å²) in [7, 11) is 0. The van der Waals surface area contributed by atoms with Crippen LogP contribution in [0, 0.1) is 0 Å². The molecule has 0 aliphatic heterocycles. The number of ether oxygens (including phenoxy) is 1. The number of H-pyrrole nitrogens is 1. The van der Waals surface area contributed by atoms with Crippen molar-refractivity contribution < 1.29 is 14.6 Å². The average molecular weight is 286 g/mol. The van der Waals surface area contributed by atoms with Crippen LogP contribution < -0.4 is 4.74 Å². The number of nitrogens with one attached hydrogen (secondary N) is 1. The number of hydrogen-bond acceptors (Lipinski definition) is 3. The molecule has 0 amide bonds. The minimum Gasteiger partial charge on any atom is -0.486 e. The monoisotopic (exact) mass is 286 g/mol. The molecule has 2 aromatic rings. The molecule has 5 heteroatoms. The first-order valence-corrected chi connectivity index (χ1v) is 7.19. The Balaban J connectivity index is 1.66. The second kappa shape index (κ2) is 5.60. The third kappa shape index (κ3) is 2.77. The number of hydrogen-bond donors (Lipinski definition) is 2. The van der Waals surface area contributed by atoms with Crippen molar-refractivity contribution in [2.45, 2.75) is 38.7 Å². The molecule has 0 radical (unpaired) electrons. The standard InChI is InChI=1S/C16H18N2O3/c1-2-10-3-5-11(6-4-10)21-9-14-17-13-8-7-12(16(19)20)15(13)18-14/h3-6,12H,2,7-9H2,1H3,(H,17,18)(H,19,20). The Labute approximate surface area is 123 Å². The Morgan fingerprint density at radius 1 is 1.43 bits per heavy atom. The van der Waals surface area contributed by atoms with Gasteiger partial charge in [0.2, 0.25) is 0 Å². The fourth-order valence-corrected chi connectivity index (χ4v) is 2.67. The van der Waals surface area contributed by atoms with Crippen LogP contribution in [-0.4, -0.2) is 21.0 Å². The average Bonchev–Trinajstić information content (AvgIpc) is 3.05. The summed E-state index contributed by atoms with van der Waals surface area (Å²) in [5.74, 6) is 0.195. The van der Waals surface area contributed by atoms with Gasteiger partial charge in [-0.05, 0) is 37.0 Å². The van der Waals surface area contributed by atoms with Gasteiger partial charge in [0.05, 0.1) is 5.69 Å². The van der Waals surface area contributed by atoms with Crippen LogP contribution in [0.25, 0.3) is 0 Å². The van der Waals surface area contributed by atoms with E-state index >= 15 is 0 Å². The Morgan fingerprint density at radius 3 is 2.86 bits per heavy atom. The Bertz CT molecular complexity index is 646. The van der Waals surface area contributed by atoms with E-state index < -0.39 is 11.9 Å². The SMILES string of the molecule is CCc1ccc(OCc2nc3c([nH]2)CCC3C(=O)O)cc1. The van der Waals surface area contributed by atoms with E-state index in [1.165, 1.54) is 5.56 Å². The fourth-order valence-electron chi connectivity index (χ4n) is 2.67. The predicted molar refractivity (Wildman–Crippen MR) is 77.4 cm³/mol. The summed E-state index contributed by atoms with van der Waals surface area (Å²) >= 11 is 0. The van der Waals surface area contributed by atoms with Crippen molar-refractivity contribution >= 4 is 5.97 Å². The fraction of sp³-hybridized carbons (Fsp3) is 0.375. The molecule has 5 nitrogen and oxygen atoms in total. The summed E-state index contributed by atoms with van der Waals surface area (Å²) in [5.41, 5.74) is 2.87. The minimum absolute atomic E-state index is 0.324. The van der Waals surface area contributed by atoms with Gasteiger partial charge in [0, 0.05) is 5.69 Å². The molecular weight excluding hydrogens is 268 g/mol. The van der Waals surface area contributed by atoms with Gasteiger partial charge in [0.25, 0.3) is 0 Å². The van der Waals surface area contributed by atoms with Crippen LogP contribution in [0.2, 0.25) is 0 Å². The molecule has 0 spiro atoms. The molecule has 0 saturated heterocycles. The van der Waals surface area contributed by atoms with E-state index in [-0.39, 0.29) is 0 Å². The Morgan fingerprint density at radius 2 is 2.19 bits per heavy atom. The molecule has 2 N–H and O–H groups in total. The molecule has 1 atom stereocenters. The highest BCUT2D eigenvalue weighted by molar-refractivity contribution is 5.76. The van der Waals surface area contributed by atoms with E-state index in [1.807, 2.05) is 24.3 Å². The minimum atomic E-state index is -0.803. The quantitative estimate of drug-likeness (QED) is 0.886. The van der Waals surface area contributed by atoms with Gasteiger partial charge < -0.3 is 14.8 Å². The van der Waals surface area contributed by atoms with E-state index in [4.69, 9.17) is 9.84 Å². The van der Waals surface area contributed by atoms with Crippen LogP contribution in [0.5, 0.6) is 5.75 Å². The molecule has 3 rings (SSSR count). The maximum absolute atomic E-state index is 11.1. The molecule has 1 aliphatic carbocycles. The van der Waals surface area contributed by atoms with Gasteiger partial charge in [0.1, 0.15) is 24.1 Å². The normalized spacial score (nSPS) is 16.7. The lowest BCUT2D eigenvalue weighted by molar-refractivity contribution is -0.138. The van der Waals surface area contributed by atoms with E-state index in [0.717, 1.165) is 24.3 Å². The summed E-state index contributed by atoms with van der Waals surface area (Å²) in [5, 5.41) is 9.14. The second-order valence-electron chi connectivity index (χ2n) is 5.26. The van der Waals surface area contributed by atoms with Gasteiger partial charge >= 0.3 is 5.97 Å².